The van der Waals surface area contributed by atoms with Crippen molar-refractivity contribution in [1.29, 1.82) is 0 Å². The standard InChI is InChI=1S/C13H16O2/c14-13-12-8-10-4-2-1-3-9(10)7-11(12)5-6-15-13/h7-8,11-12H,1-6H2. The van der Waals surface area contributed by atoms with Crippen LogP contribution in [0.4, 0.5) is 0 Å². The SMILES string of the molecule is O=C1OCCC2C=C3CCCCC3=CC12. The van der Waals surface area contributed by atoms with Gasteiger partial charge in [-0.2, -0.15) is 0 Å². The van der Waals surface area contributed by atoms with E-state index in [0.29, 0.717) is 12.5 Å². The number of carbonyl (C=O) groups is 1. The Hall–Kier alpha value is -1.05. The Balaban J connectivity index is 1.92. The largest absolute Gasteiger partial charge is 0.465 e. The van der Waals surface area contributed by atoms with Crippen molar-refractivity contribution in [3.8, 4) is 0 Å². The third kappa shape index (κ3) is 1.52. The number of allylic oxidation sites excluding steroid dienone is 3. The Morgan fingerprint density at radius 2 is 1.87 bits per heavy atom. The summed E-state index contributed by atoms with van der Waals surface area (Å²) in [5.41, 5.74) is 2.93. The molecule has 1 heterocycles. The topological polar surface area (TPSA) is 26.3 Å². The second-order valence-corrected chi connectivity index (χ2v) is 4.74. The number of carbonyl (C=O) groups excluding carboxylic acids is 1. The number of ether oxygens (including phenoxy) is 1. The molecule has 0 aromatic heterocycles. The molecule has 2 unspecified atom stereocenters. The molecule has 0 spiro atoms. The molecular weight excluding hydrogens is 188 g/mol. The van der Waals surface area contributed by atoms with Gasteiger partial charge >= 0.3 is 5.97 Å². The zero-order valence-electron chi connectivity index (χ0n) is 8.87. The Morgan fingerprint density at radius 1 is 1.13 bits per heavy atom. The minimum Gasteiger partial charge on any atom is -0.465 e. The maximum absolute atomic E-state index is 11.6. The van der Waals surface area contributed by atoms with E-state index < -0.39 is 0 Å². The van der Waals surface area contributed by atoms with Crippen molar-refractivity contribution < 1.29 is 9.53 Å². The fourth-order valence-electron chi connectivity index (χ4n) is 2.93. The monoisotopic (exact) mass is 204 g/mol. The van der Waals surface area contributed by atoms with Crippen molar-refractivity contribution in [2.24, 2.45) is 11.8 Å². The zero-order valence-corrected chi connectivity index (χ0v) is 8.87. The molecule has 2 nitrogen and oxygen atoms in total. The first-order valence-corrected chi connectivity index (χ1v) is 5.93. The van der Waals surface area contributed by atoms with E-state index in [4.69, 9.17) is 4.74 Å². The summed E-state index contributed by atoms with van der Waals surface area (Å²) in [6, 6.07) is 0. The van der Waals surface area contributed by atoms with Gasteiger partial charge in [-0.3, -0.25) is 4.79 Å². The van der Waals surface area contributed by atoms with Gasteiger partial charge in [-0.15, -0.1) is 0 Å². The minimum atomic E-state index is -0.0142. The predicted octanol–water partition coefficient (Wildman–Crippen LogP) is 2.61. The van der Waals surface area contributed by atoms with E-state index in [-0.39, 0.29) is 11.9 Å². The van der Waals surface area contributed by atoms with E-state index in [1.165, 1.54) is 30.4 Å². The molecule has 0 aromatic carbocycles. The molecule has 0 N–H and O–H groups in total. The van der Waals surface area contributed by atoms with Crippen molar-refractivity contribution in [3.05, 3.63) is 23.3 Å². The van der Waals surface area contributed by atoms with E-state index in [2.05, 4.69) is 12.2 Å². The summed E-state index contributed by atoms with van der Waals surface area (Å²) in [5, 5.41) is 0. The third-order valence-corrected chi connectivity index (χ3v) is 3.78. The number of rotatable bonds is 0. The molecule has 1 aliphatic heterocycles. The van der Waals surface area contributed by atoms with Crippen LogP contribution in [0.3, 0.4) is 0 Å². The summed E-state index contributed by atoms with van der Waals surface area (Å²) in [6.07, 6.45) is 10.5. The van der Waals surface area contributed by atoms with E-state index in [0.717, 1.165) is 12.8 Å². The lowest BCUT2D eigenvalue weighted by molar-refractivity contribution is -0.152. The van der Waals surface area contributed by atoms with E-state index in [1.54, 1.807) is 0 Å². The fraction of sp³-hybridized carbons (Fsp3) is 0.615. The van der Waals surface area contributed by atoms with Crippen LogP contribution in [0.15, 0.2) is 23.3 Å². The van der Waals surface area contributed by atoms with Gasteiger partial charge in [0.1, 0.15) is 0 Å². The molecule has 0 bridgehead atoms. The van der Waals surface area contributed by atoms with Gasteiger partial charge in [0.2, 0.25) is 0 Å². The first kappa shape index (κ1) is 9.20. The summed E-state index contributed by atoms with van der Waals surface area (Å²) >= 11 is 0. The highest BCUT2D eigenvalue weighted by molar-refractivity contribution is 5.77. The van der Waals surface area contributed by atoms with Crippen LogP contribution in [-0.2, 0) is 9.53 Å². The lowest BCUT2D eigenvalue weighted by Crippen LogP contribution is -2.32. The fourth-order valence-corrected chi connectivity index (χ4v) is 2.93. The first-order chi connectivity index (χ1) is 7.34. The molecule has 1 saturated heterocycles. The van der Waals surface area contributed by atoms with Crippen molar-refractivity contribution >= 4 is 5.97 Å². The first-order valence-electron chi connectivity index (χ1n) is 5.93. The molecule has 0 aromatic rings. The average Bonchev–Trinajstić information content (AvgIpc) is 2.27. The molecule has 0 amide bonds. The molecule has 1 saturated carbocycles. The van der Waals surface area contributed by atoms with Crippen molar-refractivity contribution in [1.82, 2.24) is 0 Å². The van der Waals surface area contributed by atoms with E-state index in [9.17, 15) is 4.79 Å². The van der Waals surface area contributed by atoms with E-state index in [1.807, 2.05) is 0 Å². The highest BCUT2D eigenvalue weighted by atomic mass is 16.5. The molecule has 15 heavy (non-hydrogen) atoms. The molecule has 3 rings (SSSR count). The summed E-state index contributed by atoms with van der Waals surface area (Å²) in [5.74, 6) is 0.429. The van der Waals surface area contributed by atoms with Crippen LogP contribution in [0, 0.1) is 11.8 Å². The maximum Gasteiger partial charge on any atom is 0.313 e. The molecule has 2 aliphatic carbocycles. The highest BCUT2D eigenvalue weighted by Crippen LogP contribution is 2.39. The molecule has 2 heteroatoms. The predicted molar refractivity (Wildman–Crippen MR) is 57.2 cm³/mol. The number of fused-ring (bicyclic) bond motifs is 2. The van der Waals surface area contributed by atoms with Crippen LogP contribution >= 0.6 is 0 Å². The third-order valence-electron chi connectivity index (χ3n) is 3.78. The van der Waals surface area contributed by atoms with Crippen LogP contribution in [0.25, 0.3) is 0 Å². The summed E-state index contributed by atoms with van der Waals surface area (Å²) < 4.78 is 5.11. The second kappa shape index (κ2) is 3.51. The highest BCUT2D eigenvalue weighted by Gasteiger charge is 2.34. The van der Waals surface area contributed by atoms with Gasteiger partial charge in [0, 0.05) is 0 Å². The average molecular weight is 204 g/mol. The van der Waals surface area contributed by atoms with Gasteiger partial charge in [0.15, 0.2) is 0 Å². The van der Waals surface area contributed by atoms with Crippen LogP contribution in [-0.4, -0.2) is 12.6 Å². The number of esters is 1. The van der Waals surface area contributed by atoms with Gasteiger partial charge in [0.05, 0.1) is 12.5 Å². The van der Waals surface area contributed by atoms with Gasteiger partial charge < -0.3 is 4.74 Å². The Morgan fingerprint density at radius 3 is 2.67 bits per heavy atom. The van der Waals surface area contributed by atoms with Crippen LogP contribution < -0.4 is 0 Å². The molecule has 2 atom stereocenters. The Labute approximate surface area is 90.0 Å². The normalized spacial score (nSPS) is 34.5. The Kier molecular flexibility index (Phi) is 2.15. The summed E-state index contributed by atoms with van der Waals surface area (Å²) in [6.45, 7) is 0.604. The zero-order chi connectivity index (χ0) is 10.3. The van der Waals surface area contributed by atoms with E-state index >= 15 is 0 Å². The van der Waals surface area contributed by atoms with Crippen molar-refractivity contribution in [3.63, 3.8) is 0 Å². The quantitative estimate of drug-likeness (QED) is 0.567. The molecule has 0 radical (unpaired) electrons. The lowest BCUT2D eigenvalue weighted by Gasteiger charge is -2.33. The second-order valence-electron chi connectivity index (χ2n) is 4.74. The molecule has 3 aliphatic rings. The maximum atomic E-state index is 11.6. The number of cyclic esters (lactones) is 1. The van der Waals surface area contributed by atoms with Crippen molar-refractivity contribution in [2.45, 2.75) is 32.1 Å². The molecule has 2 fully saturated rings. The Bertz CT molecular complexity index is 352. The van der Waals surface area contributed by atoms with Gasteiger partial charge in [-0.05, 0) is 49.2 Å². The summed E-state index contributed by atoms with van der Waals surface area (Å²) in [7, 11) is 0. The molecular formula is C13H16O2. The van der Waals surface area contributed by atoms with Crippen LogP contribution in [0.5, 0.6) is 0 Å². The van der Waals surface area contributed by atoms with Crippen LogP contribution in [0.1, 0.15) is 32.1 Å². The van der Waals surface area contributed by atoms with Gasteiger partial charge in [0.25, 0.3) is 0 Å². The van der Waals surface area contributed by atoms with Gasteiger partial charge in [-0.1, -0.05) is 12.2 Å². The number of hydrogen-bond acceptors (Lipinski definition) is 2. The van der Waals surface area contributed by atoms with Gasteiger partial charge in [-0.25, -0.2) is 0 Å². The minimum absolute atomic E-state index is 0.0142. The number of hydrogen-bond donors (Lipinski definition) is 0. The molecule has 80 valence electrons. The van der Waals surface area contributed by atoms with Crippen molar-refractivity contribution in [2.75, 3.05) is 6.61 Å². The summed E-state index contributed by atoms with van der Waals surface area (Å²) in [4.78, 5) is 11.6. The lowest BCUT2D eigenvalue weighted by atomic mass is 9.75. The van der Waals surface area contributed by atoms with Crippen LogP contribution in [0.2, 0.25) is 0 Å². The smallest absolute Gasteiger partial charge is 0.313 e.